The van der Waals surface area contributed by atoms with E-state index in [9.17, 15) is 20.4 Å². The van der Waals surface area contributed by atoms with Crippen LogP contribution in [0.3, 0.4) is 0 Å². The fraction of sp³-hybridized carbons (Fsp3) is 0.857. The molecule has 4 rings (SSSR count). The van der Waals surface area contributed by atoms with Gasteiger partial charge in [0.05, 0.1) is 23.9 Å². The molecule has 4 heteroatoms. The van der Waals surface area contributed by atoms with E-state index in [0.717, 1.165) is 55.2 Å². The Bertz CT molecular complexity index is 782. The van der Waals surface area contributed by atoms with Crippen LogP contribution >= 0.6 is 0 Å². The van der Waals surface area contributed by atoms with Crippen LogP contribution in [0.5, 0.6) is 0 Å². The first kappa shape index (κ1) is 24.4. The number of allylic oxidation sites excluding steroid dienone is 1. The van der Waals surface area contributed by atoms with E-state index in [1.807, 2.05) is 6.92 Å². The second-order valence-electron chi connectivity index (χ2n) is 12.7. The number of hydrogen-bond acceptors (Lipinski definition) is 4. The largest absolute Gasteiger partial charge is 0.393 e. The lowest BCUT2D eigenvalue weighted by Gasteiger charge is -2.58. The van der Waals surface area contributed by atoms with Crippen molar-refractivity contribution in [2.45, 2.75) is 116 Å². The standard InChI is InChI=1S/C28H46O4/c1-16(2)17(3)7-12-28(6,32)23-15-22(31)25-24-20(9-11-27(23,25)5)26(4)10-8-19(29)13-18(26)14-21(24)30/h16,18-23,29-32H,3,7-15H2,1-2,4-6H3. The summed E-state index contributed by atoms with van der Waals surface area (Å²) >= 11 is 0. The molecule has 0 amide bonds. The van der Waals surface area contributed by atoms with Gasteiger partial charge < -0.3 is 20.4 Å². The van der Waals surface area contributed by atoms with Gasteiger partial charge in [-0.25, -0.2) is 0 Å². The van der Waals surface area contributed by atoms with Gasteiger partial charge in [-0.15, -0.1) is 0 Å². The van der Waals surface area contributed by atoms with Gasteiger partial charge in [0.25, 0.3) is 0 Å². The summed E-state index contributed by atoms with van der Waals surface area (Å²) in [4.78, 5) is 0. The van der Waals surface area contributed by atoms with Crippen molar-refractivity contribution in [1.29, 1.82) is 0 Å². The lowest BCUT2D eigenvalue weighted by atomic mass is 9.48. The highest BCUT2D eigenvalue weighted by atomic mass is 16.3. The van der Waals surface area contributed by atoms with Crippen LogP contribution in [-0.2, 0) is 0 Å². The predicted molar refractivity (Wildman–Crippen MR) is 128 cm³/mol. The second kappa shape index (κ2) is 8.22. The third-order valence-electron chi connectivity index (χ3n) is 10.5. The zero-order valence-electron chi connectivity index (χ0n) is 20.9. The lowest BCUT2D eigenvalue weighted by Crippen LogP contribution is -2.53. The number of fused-ring (bicyclic) bond motifs is 4. The van der Waals surface area contributed by atoms with E-state index < -0.39 is 17.8 Å². The molecule has 3 saturated carbocycles. The zero-order chi connectivity index (χ0) is 23.6. The van der Waals surface area contributed by atoms with Crippen LogP contribution in [-0.4, -0.2) is 44.3 Å². The molecule has 4 aliphatic rings. The van der Waals surface area contributed by atoms with Crippen molar-refractivity contribution in [2.75, 3.05) is 0 Å². The summed E-state index contributed by atoms with van der Waals surface area (Å²) in [5, 5.41) is 44.5. The smallest absolute Gasteiger partial charge is 0.0763 e. The monoisotopic (exact) mass is 446 g/mol. The molecular formula is C28H46O4. The van der Waals surface area contributed by atoms with Crippen LogP contribution in [0, 0.1) is 34.5 Å². The Kier molecular flexibility index (Phi) is 6.28. The fourth-order valence-electron chi connectivity index (χ4n) is 8.32. The Hall–Kier alpha value is -0.680. The molecule has 0 aromatic rings. The SMILES string of the molecule is C=C(CCC(C)(O)C1CC(O)C2=C3C(O)CC4CC(O)CCC4(C)C3CCC21C)C(C)C. The van der Waals surface area contributed by atoms with Crippen molar-refractivity contribution < 1.29 is 20.4 Å². The first-order valence-corrected chi connectivity index (χ1v) is 13.0. The summed E-state index contributed by atoms with van der Waals surface area (Å²) in [5.74, 6) is 0.980. The van der Waals surface area contributed by atoms with Crippen molar-refractivity contribution in [3.63, 3.8) is 0 Å². The van der Waals surface area contributed by atoms with Crippen molar-refractivity contribution in [1.82, 2.24) is 0 Å². The molecule has 9 atom stereocenters. The highest BCUT2D eigenvalue weighted by Gasteiger charge is 2.61. The van der Waals surface area contributed by atoms with E-state index in [-0.39, 0.29) is 28.8 Å². The third-order valence-corrected chi connectivity index (χ3v) is 10.5. The maximum absolute atomic E-state index is 11.6. The van der Waals surface area contributed by atoms with Crippen LogP contribution in [0.2, 0.25) is 0 Å². The Morgan fingerprint density at radius 1 is 1.06 bits per heavy atom. The molecule has 182 valence electrons. The molecule has 0 aromatic heterocycles. The van der Waals surface area contributed by atoms with Gasteiger partial charge in [-0.1, -0.05) is 39.8 Å². The molecule has 3 fully saturated rings. The first-order valence-electron chi connectivity index (χ1n) is 13.0. The van der Waals surface area contributed by atoms with E-state index in [0.29, 0.717) is 31.1 Å². The molecule has 0 spiro atoms. The van der Waals surface area contributed by atoms with E-state index >= 15 is 0 Å². The summed E-state index contributed by atoms with van der Waals surface area (Å²) < 4.78 is 0. The van der Waals surface area contributed by atoms with Crippen molar-refractivity contribution in [3.05, 3.63) is 23.3 Å². The van der Waals surface area contributed by atoms with Crippen LogP contribution in [0.4, 0.5) is 0 Å². The third kappa shape index (κ3) is 3.74. The second-order valence-corrected chi connectivity index (χ2v) is 12.7. The van der Waals surface area contributed by atoms with Gasteiger partial charge >= 0.3 is 0 Å². The Labute approximate surface area is 194 Å². The summed E-state index contributed by atoms with van der Waals surface area (Å²) in [7, 11) is 0. The molecule has 0 radical (unpaired) electrons. The van der Waals surface area contributed by atoms with Crippen molar-refractivity contribution in [2.24, 2.45) is 34.5 Å². The van der Waals surface area contributed by atoms with Crippen LogP contribution in [0.1, 0.15) is 92.4 Å². The lowest BCUT2D eigenvalue weighted by molar-refractivity contribution is -0.0783. The molecule has 0 saturated heterocycles. The average molecular weight is 447 g/mol. The Balaban J connectivity index is 1.67. The minimum absolute atomic E-state index is 0.0284. The summed E-state index contributed by atoms with van der Waals surface area (Å²) in [6, 6.07) is 0. The van der Waals surface area contributed by atoms with Gasteiger partial charge in [0.15, 0.2) is 0 Å². The van der Waals surface area contributed by atoms with Gasteiger partial charge in [0.1, 0.15) is 0 Å². The molecular weight excluding hydrogens is 400 g/mol. The van der Waals surface area contributed by atoms with Gasteiger partial charge in [-0.05, 0) is 110 Å². The predicted octanol–water partition coefficient (Wildman–Crippen LogP) is 4.76. The highest BCUT2D eigenvalue weighted by molar-refractivity contribution is 5.40. The summed E-state index contributed by atoms with van der Waals surface area (Å²) in [5.41, 5.74) is 2.21. The Morgan fingerprint density at radius 2 is 1.75 bits per heavy atom. The van der Waals surface area contributed by atoms with E-state index in [2.05, 4.69) is 34.3 Å². The van der Waals surface area contributed by atoms with Crippen LogP contribution in [0.25, 0.3) is 0 Å². The molecule has 9 unspecified atom stereocenters. The normalized spacial score (nSPS) is 45.8. The van der Waals surface area contributed by atoms with Gasteiger partial charge in [0.2, 0.25) is 0 Å². The summed E-state index contributed by atoms with van der Waals surface area (Å²) in [6.07, 6.45) is 5.85. The maximum atomic E-state index is 11.6. The fourth-order valence-corrected chi connectivity index (χ4v) is 8.32. The molecule has 4 aliphatic carbocycles. The highest BCUT2D eigenvalue weighted by Crippen LogP contribution is 2.66. The molecule has 4 N–H and O–H groups in total. The minimum atomic E-state index is -0.885. The molecule has 0 bridgehead atoms. The quantitative estimate of drug-likeness (QED) is 0.459. The van der Waals surface area contributed by atoms with Crippen LogP contribution < -0.4 is 0 Å². The number of aliphatic hydroxyl groups is 4. The summed E-state index contributed by atoms with van der Waals surface area (Å²) in [6.45, 7) is 15.0. The first-order chi connectivity index (χ1) is 14.8. The molecule has 4 nitrogen and oxygen atoms in total. The van der Waals surface area contributed by atoms with Gasteiger partial charge in [0, 0.05) is 0 Å². The number of rotatable bonds is 5. The molecule has 0 heterocycles. The van der Waals surface area contributed by atoms with E-state index in [1.54, 1.807) is 0 Å². The number of hydrogen-bond donors (Lipinski definition) is 4. The molecule has 0 aromatic carbocycles. The molecule has 32 heavy (non-hydrogen) atoms. The Morgan fingerprint density at radius 3 is 2.41 bits per heavy atom. The van der Waals surface area contributed by atoms with Gasteiger partial charge in [-0.3, -0.25) is 0 Å². The van der Waals surface area contributed by atoms with Crippen molar-refractivity contribution in [3.8, 4) is 0 Å². The zero-order valence-corrected chi connectivity index (χ0v) is 20.9. The average Bonchev–Trinajstić information content (AvgIpc) is 2.99. The van der Waals surface area contributed by atoms with Crippen LogP contribution in [0.15, 0.2) is 23.3 Å². The topological polar surface area (TPSA) is 80.9 Å². The minimum Gasteiger partial charge on any atom is -0.393 e. The number of aliphatic hydroxyl groups excluding tert-OH is 3. The van der Waals surface area contributed by atoms with E-state index in [4.69, 9.17) is 0 Å². The van der Waals surface area contributed by atoms with Gasteiger partial charge in [-0.2, -0.15) is 0 Å². The van der Waals surface area contributed by atoms with Crippen molar-refractivity contribution >= 4 is 0 Å². The molecule has 0 aliphatic heterocycles. The van der Waals surface area contributed by atoms with E-state index in [1.165, 1.54) is 0 Å². The maximum Gasteiger partial charge on any atom is 0.0763 e.